The molecule has 4 unspecified atom stereocenters. The maximum atomic E-state index is 14.0. The molecule has 10 heteroatoms. The van der Waals surface area contributed by atoms with E-state index in [1.54, 1.807) is 30.3 Å². The second-order valence-corrected chi connectivity index (χ2v) is 11.4. The first kappa shape index (κ1) is 27.1. The van der Waals surface area contributed by atoms with E-state index in [1.165, 1.54) is 12.1 Å². The summed E-state index contributed by atoms with van der Waals surface area (Å²) >= 11 is 6.03. The maximum Gasteiger partial charge on any atom is 0.229 e. The lowest BCUT2D eigenvalue weighted by Crippen LogP contribution is -2.59. The molecule has 188 valence electrons. The Morgan fingerprint density at radius 3 is 2.26 bits per heavy atom. The van der Waals surface area contributed by atoms with E-state index in [9.17, 15) is 24.6 Å². The van der Waals surface area contributed by atoms with E-state index < -0.39 is 44.7 Å². The molecule has 0 saturated carbocycles. The molecule has 4 N–H and O–H groups in total. The lowest BCUT2D eigenvalue weighted by atomic mass is 9.97. The number of aliphatic hydroxyl groups is 3. The Bertz CT molecular complexity index is 920. The van der Waals surface area contributed by atoms with Crippen molar-refractivity contribution in [1.82, 2.24) is 0 Å². The monoisotopic (exact) mass is 516 g/mol. The molecule has 34 heavy (non-hydrogen) atoms. The van der Waals surface area contributed by atoms with Crippen LogP contribution in [-0.4, -0.2) is 62.7 Å². The summed E-state index contributed by atoms with van der Waals surface area (Å²) in [7, 11) is -1.65. The van der Waals surface area contributed by atoms with Crippen molar-refractivity contribution in [3.8, 4) is 11.5 Å². The summed E-state index contributed by atoms with van der Waals surface area (Å²) in [5.41, 5.74) is -0.124. The molecule has 7 nitrogen and oxygen atoms in total. The largest absolute Gasteiger partial charge is 0.488 e. The van der Waals surface area contributed by atoms with Gasteiger partial charge in [-0.3, -0.25) is 0 Å². The Labute approximate surface area is 204 Å². The standard InChI is InChI=1S/C24H31ClFO7P/c1-24(2,3)33-15-9-7-14(8-10-15)31-23-22(29)21(28)20(27)19(32-23)11-12-34(30)13-16-17(25)5-4-6-18(16)26/h4-10,19-23,27-30H,11-13H2,1-3H3/t19?,20-,21?,22?,23+,34?/m1/s1. The highest BCUT2D eigenvalue weighted by Gasteiger charge is 2.44. The van der Waals surface area contributed by atoms with Gasteiger partial charge in [-0.1, -0.05) is 17.7 Å². The van der Waals surface area contributed by atoms with Gasteiger partial charge in [-0.2, -0.15) is 0 Å². The highest BCUT2D eigenvalue weighted by atomic mass is 35.5. The second-order valence-electron chi connectivity index (χ2n) is 9.20. The van der Waals surface area contributed by atoms with Gasteiger partial charge in [-0.15, -0.1) is 0 Å². The van der Waals surface area contributed by atoms with Crippen molar-refractivity contribution in [2.75, 3.05) is 6.16 Å². The van der Waals surface area contributed by atoms with Crippen LogP contribution in [0.15, 0.2) is 42.5 Å². The van der Waals surface area contributed by atoms with Gasteiger partial charge in [-0.25, -0.2) is 4.39 Å². The fraction of sp³-hybridized carbons (Fsp3) is 0.500. The zero-order chi connectivity index (χ0) is 25.0. The summed E-state index contributed by atoms with van der Waals surface area (Å²) in [5.74, 6) is 0.532. The minimum atomic E-state index is -1.65. The van der Waals surface area contributed by atoms with Crippen LogP contribution < -0.4 is 9.47 Å². The zero-order valence-electron chi connectivity index (χ0n) is 19.3. The summed E-state index contributed by atoms with van der Waals surface area (Å²) in [6.45, 7) is 5.79. The quantitative estimate of drug-likeness (QED) is 0.395. The van der Waals surface area contributed by atoms with Gasteiger partial charge in [-0.05, 0) is 69.8 Å². The molecule has 0 spiro atoms. The fourth-order valence-corrected chi connectivity index (χ4v) is 5.27. The summed E-state index contributed by atoms with van der Waals surface area (Å²) in [5, 5.41) is 31.2. The average molecular weight is 517 g/mol. The predicted molar refractivity (Wildman–Crippen MR) is 128 cm³/mol. The molecule has 3 rings (SSSR count). The fourth-order valence-electron chi connectivity index (χ4n) is 3.55. The summed E-state index contributed by atoms with van der Waals surface area (Å²) < 4.78 is 31.2. The zero-order valence-corrected chi connectivity index (χ0v) is 20.9. The van der Waals surface area contributed by atoms with E-state index in [2.05, 4.69) is 0 Å². The maximum absolute atomic E-state index is 14.0. The Balaban J connectivity index is 1.59. The number of ether oxygens (including phenoxy) is 3. The Kier molecular flexibility index (Phi) is 9.15. The molecule has 0 bridgehead atoms. The van der Waals surface area contributed by atoms with Crippen LogP contribution in [0.1, 0.15) is 32.8 Å². The third kappa shape index (κ3) is 7.25. The molecule has 0 aromatic heterocycles. The molecular weight excluding hydrogens is 486 g/mol. The predicted octanol–water partition coefficient (Wildman–Crippen LogP) is 3.82. The van der Waals surface area contributed by atoms with Crippen molar-refractivity contribution in [3.05, 3.63) is 58.9 Å². The van der Waals surface area contributed by atoms with Crippen molar-refractivity contribution in [3.63, 3.8) is 0 Å². The Hall–Kier alpha value is -1.51. The molecule has 1 fully saturated rings. The Morgan fingerprint density at radius 1 is 1.00 bits per heavy atom. The molecule has 6 atom stereocenters. The lowest BCUT2D eigenvalue weighted by molar-refractivity contribution is -0.272. The van der Waals surface area contributed by atoms with Crippen molar-refractivity contribution < 1.29 is 38.8 Å². The van der Waals surface area contributed by atoms with Crippen molar-refractivity contribution in [2.24, 2.45) is 0 Å². The molecule has 2 aromatic rings. The number of rotatable bonds is 8. The molecule has 1 aliphatic heterocycles. The van der Waals surface area contributed by atoms with Gasteiger partial charge in [0.15, 0.2) is 0 Å². The van der Waals surface area contributed by atoms with E-state index in [0.29, 0.717) is 11.5 Å². The molecule has 2 aromatic carbocycles. The summed E-state index contributed by atoms with van der Waals surface area (Å²) in [6, 6.07) is 11.0. The van der Waals surface area contributed by atoms with Crippen molar-refractivity contribution >= 4 is 19.7 Å². The molecule has 1 aliphatic rings. The van der Waals surface area contributed by atoms with Crippen molar-refractivity contribution in [1.29, 1.82) is 0 Å². The number of hydrogen-bond acceptors (Lipinski definition) is 7. The van der Waals surface area contributed by atoms with Gasteiger partial charge in [0.05, 0.1) is 6.10 Å². The molecule has 0 radical (unpaired) electrons. The van der Waals surface area contributed by atoms with Crippen LogP contribution in [0, 0.1) is 5.82 Å². The third-order valence-corrected chi connectivity index (χ3v) is 7.05. The van der Waals surface area contributed by atoms with Crippen LogP contribution >= 0.6 is 19.7 Å². The highest BCUT2D eigenvalue weighted by molar-refractivity contribution is 7.50. The van der Waals surface area contributed by atoms with Gasteiger partial charge in [0.2, 0.25) is 6.29 Å². The highest BCUT2D eigenvalue weighted by Crippen LogP contribution is 2.40. The van der Waals surface area contributed by atoms with Crippen LogP contribution in [0.4, 0.5) is 4.39 Å². The van der Waals surface area contributed by atoms with Gasteiger partial charge in [0.25, 0.3) is 0 Å². The summed E-state index contributed by atoms with van der Waals surface area (Å²) in [6.07, 6.45) is -6.07. The van der Waals surface area contributed by atoms with E-state index in [0.717, 1.165) is 0 Å². The first-order chi connectivity index (χ1) is 15.9. The van der Waals surface area contributed by atoms with Gasteiger partial charge in [0, 0.05) is 24.9 Å². The molecule has 1 heterocycles. The smallest absolute Gasteiger partial charge is 0.229 e. The number of halogens is 2. The lowest BCUT2D eigenvalue weighted by Gasteiger charge is -2.40. The van der Waals surface area contributed by atoms with Crippen LogP contribution in [0.25, 0.3) is 0 Å². The van der Waals surface area contributed by atoms with E-state index >= 15 is 0 Å². The van der Waals surface area contributed by atoms with Crippen molar-refractivity contribution in [2.45, 2.75) is 69.7 Å². The molecule has 1 saturated heterocycles. The molecular formula is C24H31ClFO7P. The SMILES string of the molecule is CC(C)(C)Oc1ccc(O[C@H]2OC(CCP(O)Cc3c(F)cccc3Cl)[C@@H](O)C(O)C2O)cc1. The summed E-state index contributed by atoms with van der Waals surface area (Å²) in [4.78, 5) is 10.4. The van der Waals surface area contributed by atoms with Gasteiger partial charge < -0.3 is 34.4 Å². The third-order valence-electron chi connectivity index (χ3n) is 5.24. The van der Waals surface area contributed by atoms with E-state index in [1.807, 2.05) is 20.8 Å². The van der Waals surface area contributed by atoms with Crippen LogP contribution in [-0.2, 0) is 10.9 Å². The molecule has 0 aliphatic carbocycles. The number of aliphatic hydroxyl groups excluding tert-OH is 3. The first-order valence-corrected chi connectivity index (χ1v) is 13.0. The van der Waals surface area contributed by atoms with E-state index in [4.69, 9.17) is 25.8 Å². The van der Waals surface area contributed by atoms with E-state index in [-0.39, 0.29) is 34.9 Å². The van der Waals surface area contributed by atoms with Crippen LogP contribution in [0.2, 0.25) is 5.02 Å². The minimum absolute atomic E-state index is 0.0533. The minimum Gasteiger partial charge on any atom is -0.488 e. The van der Waals surface area contributed by atoms with Crippen LogP contribution in [0.5, 0.6) is 11.5 Å². The second kappa shape index (κ2) is 11.5. The first-order valence-electron chi connectivity index (χ1n) is 11.0. The topological polar surface area (TPSA) is 109 Å². The Morgan fingerprint density at radius 2 is 1.65 bits per heavy atom. The normalized spacial score (nSPS) is 26.2. The van der Waals surface area contributed by atoms with Crippen LogP contribution in [0.3, 0.4) is 0 Å². The average Bonchev–Trinajstić information content (AvgIpc) is 2.76. The van der Waals surface area contributed by atoms with Gasteiger partial charge in [0.1, 0.15) is 41.2 Å². The number of hydrogen-bond donors (Lipinski definition) is 4. The molecule has 0 amide bonds. The number of benzene rings is 2. The van der Waals surface area contributed by atoms with Gasteiger partial charge >= 0.3 is 0 Å².